The molecule has 0 aromatic heterocycles. The summed E-state index contributed by atoms with van der Waals surface area (Å²) in [5, 5.41) is 9.48. The van der Waals surface area contributed by atoms with E-state index < -0.39 is 5.97 Å². The summed E-state index contributed by atoms with van der Waals surface area (Å²) < 4.78 is 0. The lowest BCUT2D eigenvalue weighted by molar-refractivity contribution is -0.138. The zero-order valence-corrected chi connectivity index (χ0v) is 8.37. The number of hydrogen-bond donors (Lipinski definition) is 1. The summed E-state index contributed by atoms with van der Waals surface area (Å²) in [5.41, 5.74) is 1.06. The van der Waals surface area contributed by atoms with Gasteiger partial charge >= 0.3 is 5.97 Å². The normalized spacial score (nSPS) is 24.6. The van der Waals surface area contributed by atoms with Gasteiger partial charge in [-0.25, -0.2) is 0 Å². The SMILES string of the molecule is O=C(O)C1CC1Cc1ccccc1Cl. The number of carboxylic acids is 1. The van der Waals surface area contributed by atoms with Crippen molar-refractivity contribution in [1.29, 1.82) is 0 Å². The van der Waals surface area contributed by atoms with Crippen molar-refractivity contribution in [2.45, 2.75) is 12.8 Å². The van der Waals surface area contributed by atoms with Crippen molar-refractivity contribution in [2.75, 3.05) is 0 Å². The van der Waals surface area contributed by atoms with E-state index in [1.807, 2.05) is 24.3 Å². The Balaban J connectivity index is 2.00. The van der Waals surface area contributed by atoms with Crippen LogP contribution in [0.1, 0.15) is 12.0 Å². The van der Waals surface area contributed by atoms with Crippen molar-refractivity contribution in [3.8, 4) is 0 Å². The minimum atomic E-state index is -0.679. The van der Waals surface area contributed by atoms with Crippen molar-refractivity contribution >= 4 is 17.6 Å². The summed E-state index contributed by atoms with van der Waals surface area (Å²) >= 11 is 5.98. The van der Waals surface area contributed by atoms with E-state index in [1.165, 1.54) is 0 Å². The summed E-state index contributed by atoms with van der Waals surface area (Å²) in [6.07, 6.45) is 1.58. The van der Waals surface area contributed by atoms with Crippen LogP contribution in [-0.4, -0.2) is 11.1 Å². The van der Waals surface area contributed by atoms with Crippen LogP contribution in [-0.2, 0) is 11.2 Å². The van der Waals surface area contributed by atoms with Gasteiger partial charge in [0.25, 0.3) is 0 Å². The molecule has 1 saturated carbocycles. The molecule has 0 heterocycles. The minimum absolute atomic E-state index is 0.147. The van der Waals surface area contributed by atoms with E-state index in [4.69, 9.17) is 16.7 Å². The number of benzene rings is 1. The van der Waals surface area contributed by atoms with Crippen molar-refractivity contribution in [3.63, 3.8) is 0 Å². The van der Waals surface area contributed by atoms with Crippen LogP contribution in [0.25, 0.3) is 0 Å². The molecule has 1 aliphatic rings. The van der Waals surface area contributed by atoms with Gasteiger partial charge in [0.2, 0.25) is 0 Å². The zero-order valence-electron chi connectivity index (χ0n) is 7.61. The maximum atomic E-state index is 10.6. The molecule has 74 valence electrons. The predicted octanol–water partition coefficient (Wildman–Crippen LogP) is 2.60. The maximum absolute atomic E-state index is 10.6. The molecule has 0 radical (unpaired) electrons. The Bertz CT molecular complexity index is 362. The maximum Gasteiger partial charge on any atom is 0.306 e. The highest BCUT2D eigenvalue weighted by Gasteiger charge is 2.42. The van der Waals surface area contributed by atoms with Gasteiger partial charge in [0.15, 0.2) is 0 Å². The fourth-order valence-electron chi connectivity index (χ4n) is 1.72. The highest BCUT2D eigenvalue weighted by Crippen LogP contribution is 2.41. The first-order valence-electron chi connectivity index (χ1n) is 4.64. The molecule has 2 rings (SSSR count). The highest BCUT2D eigenvalue weighted by molar-refractivity contribution is 6.31. The van der Waals surface area contributed by atoms with Crippen LogP contribution in [0, 0.1) is 11.8 Å². The number of rotatable bonds is 3. The third-order valence-electron chi connectivity index (χ3n) is 2.68. The Labute approximate surface area is 87.5 Å². The third kappa shape index (κ3) is 1.90. The fourth-order valence-corrected chi connectivity index (χ4v) is 1.93. The van der Waals surface area contributed by atoms with Crippen LogP contribution in [0.15, 0.2) is 24.3 Å². The van der Waals surface area contributed by atoms with Gasteiger partial charge < -0.3 is 5.11 Å². The molecule has 2 unspecified atom stereocenters. The molecule has 2 nitrogen and oxygen atoms in total. The van der Waals surface area contributed by atoms with Crippen LogP contribution in [0.2, 0.25) is 5.02 Å². The van der Waals surface area contributed by atoms with E-state index in [-0.39, 0.29) is 11.8 Å². The lowest BCUT2D eigenvalue weighted by Crippen LogP contribution is -2.01. The summed E-state index contributed by atoms with van der Waals surface area (Å²) in [5.74, 6) is -0.541. The summed E-state index contributed by atoms with van der Waals surface area (Å²) in [7, 11) is 0. The lowest BCUT2D eigenvalue weighted by Gasteiger charge is -2.01. The second kappa shape index (κ2) is 3.62. The van der Waals surface area contributed by atoms with Crippen LogP contribution in [0.4, 0.5) is 0 Å². The number of carbonyl (C=O) groups is 1. The van der Waals surface area contributed by atoms with Crippen molar-refractivity contribution < 1.29 is 9.90 Å². The molecule has 14 heavy (non-hydrogen) atoms. The van der Waals surface area contributed by atoms with E-state index in [2.05, 4.69) is 0 Å². The molecule has 0 spiro atoms. The van der Waals surface area contributed by atoms with Crippen molar-refractivity contribution in [2.24, 2.45) is 11.8 Å². The van der Waals surface area contributed by atoms with E-state index in [1.54, 1.807) is 0 Å². The Hall–Kier alpha value is -1.02. The zero-order chi connectivity index (χ0) is 10.1. The molecule has 0 bridgehead atoms. The Morgan fingerprint density at radius 2 is 2.21 bits per heavy atom. The molecule has 1 aromatic carbocycles. The average molecular weight is 211 g/mol. The van der Waals surface area contributed by atoms with Gasteiger partial charge in [0.1, 0.15) is 0 Å². The molecule has 1 aliphatic carbocycles. The smallest absolute Gasteiger partial charge is 0.306 e. The summed E-state index contributed by atoms with van der Waals surface area (Å²) in [4.78, 5) is 10.6. The largest absolute Gasteiger partial charge is 0.481 e. The van der Waals surface area contributed by atoms with Gasteiger partial charge in [-0.05, 0) is 30.4 Å². The fraction of sp³-hybridized carbons (Fsp3) is 0.364. The molecular weight excluding hydrogens is 200 g/mol. The topological polar surface area (TPSA) is 37.3 Å². The molecule has 2 atom stereocenters. The molecule has 0 amide bonds. The monoisotopic (exact) mass is 210 g/mol. The molecular formula is C11H11ClO2. The molecule has 1 aromatic rings. The van der Waals surface area contributed by atoms with Crippen molar-refractivity contribution in [1.82, 2.24) is 0 Å². The first-order chi connectivity index (χ1) is 6.68. The van der Waals surface area contributed by atoms with E-state index >= 15 is 0 Å². The second-order valence-corrected chi connectivity index (χ2v) is 4.14. The Kier molecular flexibility index (Phi) is 2.46. The molecule has 0 aliphatic heterocycles. The van der Waals surface area contributed by atoms with Crippen LogP contribution in [0.5, 0.6) is 0 Å². The van der Waals surface area contributed by atoms with Gasteiger partial charge in [0.05, 0.1) is 5.92 Å². The van der Waals surface area contributed by atoms with Crippen LogP contribution in [0.3, 0.4) is 0 Å². The number of hydrogen-bond acceptors (Lipinski definition) is 1. The van der Waals surface area contributed by atoms with Gasteiger partial charge in [0, 0.05) is 5.02 Å². The average Bonchev–Trinajstić information content (AvgIpc) is 2.88. The standard InChI is InChI=1S/C11H11ClO2/c12-10-4-2-1-3-7(10)5-8-6-9(8)11(13)14/h1-4,8-9H,5-6H2,(H,13,14). The van der Waals surface area contributed by atoms with Gasteiger partial charge in [-0.3, -0.25) is 4.79 Å². The van der Waals surface area contributed by atoms with E-state index in [9.17, 15) is 4.79 Å². The van der Waals surface area contributed by atoms with E-state index in [0.717, 1.165) is 23.4 Å². The summed E-state index contributed by atoms with van der Waals surface area (Å²) in [6, 6.07) is 7.61. The Morgan fingerprint density at radius 3 is 2.79 bits per heavy atom. The number of carboxylic acid groups (broad SMARTS) is 1. The summed E-state index contributed by atoms with van der Waals surface area (Å²) in [6.45, 7) is 0. The first-order valence-corrected chi connectivity index (χ1v) is 5.02. The van der Waals surface area contributed by atoms with Crippen LogP contribution < -0.4 is 0 Å². The van der Waals surface area contributed by atoms with Crippen LogP contribution >= 0.6 is 11.6 Å². The molecule has 1 fully saturated rings. The third-order valence-corrected chi connectivity index (χ3v) is 3.05. The number of halogens is 1. The second-order valence-electron chi connectivity index (χ2n) is 3.74. The first kappa shape index (κ1) is 9.53. The molecule has 3 heteroatoms. The quantitative estimate of drug-likeness (QED) is 0.833. The van der Waals surface area contributed by atoms with E-state index in [0.29, 0.717) is 0 Å². The van der Waals surface area contributed by atoms with Gasteiger partial charge in [-0.1, -0.05) is 29.8 Å². The minimum Gasteiger partial charge on any atom is -0.481 e. The van der Waals surface area contributed by atoms with Gasteiger partial charge in [-0.15, -0.1) is 0 Å². The molecule has 1 N–H and O–H groups in total. The highest BCUT2D eigenvalue weighted by atomic mass is 35.5. The van der Waals surface area contributed by atoms with Crippen molar-refractivity contribution in [3.05, 3.63) is 34.9 Å². The predicted molar refractivity (Wildman–Crippen MR) is 54.4 cm³/mol. The Morgan fingerprint density at radius 1 is 1.50 bits per heavy atom. The lowest BCUT2D eigenvalue weighted by atomic mass is 10.1. The molecule has 0 saturated heterocycles. The van der Waals surface area contributed by atoms with Gasteiger partial charge in [-0.2, -0.15) is 0 Å². The number of aliphatic carboxylic acids is 1.